The second kappa shape index (κ2) is 11.8. The van der Waals surface area contributed by atoms with Crippen LogP contribution in [0.4, 0.5) is 5.69 Å². The van der Waals surface area contributed by atoms with Crippen molar-refractivity contribution in [3.8, 4) is 22.8 Å². The molecule has 3 aromatic rings. The third-order valence-electron chi connectivity index (χ3n) is 9.10. The normalized spacial score (nSPS) is 18.0. The van der Waals surface area contributed by atoms with Crippen molar-refractivity contribution in [2.75, 3.05) is 58.4 Å². The summed E-state index contributed by atoms with van der Waals surface area (Å²) in [5, 5.41) is 1.34. The highest BCUT2D eigenvalue weighted by atomic mass is 16.5. The van der Waals surface area contributed by atoms with Crippen LogP contribution in [0.3, 0.4) is 0 Å². The number of fused-ring (bicyclic) bond motifs is 1. The van der Waals surface area contributed by atoms with Crippen LogP contribution in [0.1, 0.15) is 64.5 Å². The third kappa shape index (κ3) is 5.51. The zero-order valence-electron chi connectivity index (χ0n) is 25.1. The summed E-state index contributed by atoms with van der Waals surface area (Å²) >= 11 is 0. The lowest BCUT2D eigenvalue weighted by Crippen LogP contribution is -2.54. The Hall–Kier alpha value is -2.70. The van der Waals surface area contributed by atoms with Crippen LogP contribution in [0.25, 0.3) is 22.2 Å². The molecule has 0 radical (unpaired) electrons. The number of anilines is 1. The molecule has 2 aliphatic rings. The number of nitrogens with one attached hydrogen (secondary N) is 1. The number of likely N-dealkylation sites (tertiary alicyclic amines) is 1. The minimum atomic E-state index is 0.459. The molecule has 3 heterocycles. The van der Waals surface area contributed by atoms with E-state index in [9.17, 15) is 0 Å². The summed E-state index contributed by atoms with van der Waals surface area (Å²) < 4.78 is 11.1. The molecule has 2 saturated heterocycles. The lowest BCUT2D eigenvalue weighted by molar-refractivity contribution is 0.0882. The van der Waals surface area contributed by atoms with E-state index in [4.69, 9.17) is 9.47 Å². The van der Waals surface area contributed by atoms with Crippen LogP contribution < -0.4 is 14.4 Å². The summed E-state index contributed by atoms with van der Waals surface area (Å²) in [4.78, 5) is 11.8. The molecule has 39 heavy (non-hydrogen) atoms. The Bertz CT molecular complexity index is 1260. The molecule has 2 fully saturated rings. The molecule has 2 aromatic carbocycles. The van der Waals surface area contributed by atoms with E-state index in [2.05, 4.69) is 78.6 Å². The van der Waals surface area contributed by atoms with E-state index in [1.807, 2.05) is 6.07 Å². The number of aromatic nitrogens is 1. The number of hydrogen-bond donors (Lipinski definition) is 1. The monoisotopic (exact) mass is 532 g/mol. The maximum Gasteiger partial charge on any atom is 0.161 e. The minimum absolute atomic E-state index is 0.459. The second-order valence-electron chi connectivity index (χ2n) is 11.9. The maximum absolute atomic E-state index is 5.61. The van der Waals surface area contributed by atoms with Crippen molar-refractivity contribution in [3.05, 3.63) is 41.5 Å². The molecule has 0 atom stereocenters. The Balaban J connectivity index is 1.42. The van der Waals surface area contributed by atoms with Crippen LogP contribution in [0.5, 0.6) is 11.5 Å². The van der Waals surface area contributed by atoms with Gasteiger partial charge in [-0.25, -0.2) is 0 Å². The molecule has 212 valence electrons. The van der Waals surface area contributed by atoms with Gasteiger partial charge in [0.15, 0.2) is 11.5 Å². The van der Waals surface area contributed by atoms with Gasteiger partial charge in [-0.15, -0.1) is 0 Å². The molecule has 0 amide bonds. The quantitative estimate of drug-likeness (QED) is 0.357. The highest BCUT2D eigenvalue weighted by Crippen LogP contribution is 2.40. The smallest absolute Gasteiger partial charge is 0.161 e. The summed E-state index contributed by atoms with van der Waals surface area (Å²) in [7, 11) is 3.38. The number of H-pyrrole nitrogens is 1. The summed E-state index contributed by atoms with van der Waals surface area (Å²) in [6, 6.07) is 12.5. The summed E-state index contributed by atoms with van der Waals surface area (Å²) in [5.74, 6) is 1.97. The standard InChI is InChI=1S/C33H48N4O2/c1-8-26-28-21-30(37-17-15-36(16-18-37)25-11-13-35(14-12-25)23(4)5)27(22(2)3)20-29(28)34-33(26)24-9-10-31(38-6)32(19-24)39-7/h9-10,19-23,25,34H,8,11-18H2,1-7H3. The van der Waals surface area contributed by atoms with Crippen molar-refractivity contribution < 1.29 is 9.47 Å². The zero-order chi connectivity index (χ0) is 27.7. The number of ether oxygens (including phenoxy) is 2. The molecule has 0 bridgehead atoms. The van der Waals surface area contributed by atoms with Crippen molar-refractivity contribution in [2.24, 2.45) is 0 Å². The predicted molar refractivity (Wildman–Crippen MR) is 164 cm³/mol. The Kier molecular flexibility index (Phi) is 8.43. The van der Waals surface area contributed by atoms with E-state index in [0.717, 1.165) is 55.7 Å². The van der Waals surface area contributed by atoms with Gasteiger partial charge in [0, 0.05) is 66.1 Å². The Morgan fingerprint density at radius 1 is 0.872 bits per heavy atom. The Morgan fingerprint density at radius 2 is 1.56 bits per heavy atom. The summed E-state index contributed by atoms with van der Waals surface area (Å²) in [5.41, 5.74) is 7.75. The molecule has 6 heteroatoms. The van der Waals surface area contributed by atoms with Gasteiger partial charge in [-0.1, -0.05) is 20.8 Å². The fourth-order valence-electron chi connectivity index (χ4n) is 6.74. The number of benzene rings is 2. The molecule has 0 unspecified atom stereocenters. The van der Waals surface area contributed by atoms with E-state index >= 15 is 0 Å². The van der Waals surface area contributed by atoms with Gasteiger partial charge < -0.3 is 24.3 Å². The van der Waals surface area contributed by atoms with E-state index < -0.39 is 0 Å². The van der Waals surface area contributed by atoms with E-state index in [1.165, 1.54) is 59.3 Å². The summed E-state index contributed by atoms with van der Waals surface area (Å²) in [6.07, 6.45) is 3.58. The van der Waals surface area contributed by atoms with Gasteiger partial charge in [0.05, 0.1) is 14.2 Å². The van der Waals surface area contributed by atoms with E-state index in [1.54, 1.807) is 14.2 Å². The number of nitrogens with zero attached hydrogens (tertiary/aromatic N) is 3. The zero-order valence-corrected chi connectivity index (χ0v) is 25.1. The molecule has 1 aromatic heterocycles. The van der Waals surface area contributed by atoms with Crippen molar-refractivity contribution in [1.82, 2.24) is 14.8 Å². The topological polar surface area (TPSA) is 44.0 Å². The fraction of sp³-hybridized carbons (Fsp3) is 0.576. The van der Waals surface area contributed by atoms with Gasteiger partial charge in [-0.05, 0) is 93.6 Å². The van der Waals surface area contributed by atoms with Crippen LogP contribution in [0.2, 0.25) is 0 Å². The Labute approximate surface area is 235 Å². The molecular formula is C33H48N4O2. The van der Waals surface area contributed by atoms with Gasteiger partial charge in [0.2, 0.25) is 0 Å². The average Bonchev–Trinajstić information content (AvgIpc) is 3.33. The first-order valence-electron chi connectivity index (χ1n) is 15.0. The van der Waals surface area contributed by atoms with Gasteiger partial charge in [-0.2, -0.15) is 0 Å². The molecule has 6 nitrogen and oxygen atoms in total. The van der Waals surface area contributed by atoms with Gasteiger partial charge in [0.25, 0.3) is 0 Å². The molecule has 0 saturated carbocycles. The molecule has 0 spiro atoms. The SMILES string of the molecule is CCc1c(-c2ccc(OC)c(OC)c2)[nH]c2cc(C(C)C)c(N3CCN(C4CCN(C(C)C)CC4)CC3)cc12. The molecule has 5 rings (SSSR count). The number of piperidine rings is 1. The predicted octanol–water partition coefficient (Wildman–Crippen LogP) is 6.53. The van der Waals surface area contributed by atoms with Crippen molar-refractivity contribution in [1.29, 1.82) is 0 Å². The van der Waals surface area contributed by atoms with Crippen molar-refractivity contribution >= 4 is 16.6 Å². The molecule has 2 aliphatic heterocycles. The lowest BCUT2D eigenvalue weighted by atomic mass is 9.95. The van der Waals surface area contributed by atoms with Gasteiger partial charge >= 0.3 is 0 Å². The molecule has 0 aliphatic carbocycles. The third-order valence-corrected chi connectivity index (χ3v) is 9.10. The number of aryl methyl sites for hydroxylation is 1. The highest BCUT2D eigenvalue weighted by molar-refractivity contribution is 5.94. The van der Waals surface area contributed by atoms with Crippen molar-refractivity contribution in [3.63, 3.8) is 0 Å². The van der Waals surface area contributed by atoms with Crippen LogP contribution in [-0.4, -0.2) is 80.4 Å². The molecular weight excluding hydrogens is 484 g/mol. The number of hydrogen-bond acceptors (Lipinski definition) is 5. The second-order valence-corrected chi connectivity index (χ2v) is 11.9. The van der Waals surface area contributed by atoms with E-state index in [0.29, 0.717) is 12.0 Å². The van der Waals surface area contributed by atoms with Gasteiger partial charge in [0.1, 0.15) is 0 Å². The average molecular weight is 533 g/mol. The Morgan fingerprint density at radius 3 is 2.15 bits per heavy atom. The number of aromatic amines is 1. The first-order chi connectivity index (χ1) is 18.8. The highest BCUT2D eigenvalue weighted by Gasteiger charge is 2.29. The lowest BCUT2D eigenvalue weighted by Gasteiger charge is -2.44. The minimum Gasteiger partial charge on any atom is -0.493 e. The van der Waals surface area contributed by atoms with Crippen LogP contribution in [-0.2, 0) is 6.42 Å². The van der Waals surface area contributed by atoms with Crippen LogP contribution in [0.15, 0.2) is 30.3 Å². The van der Waals surface area contributed by atoms with Gasteiger partial charge in [-0.3, -0.25) is 4.90 Å². The molecule has 1 N–H and O–H groups in total. The largest absolute Gasteiger partial charge is 0.493 e. The first-order valence-corrected chi connectivity index (χ1v) is 15.0. The van der Waals surface area contributed by atoms with Crippen molar-refractivity contribution in [2.45, 2.75) is 71.9 Å². The summed E-state index contributed by atoms with van der Waals surface area (Å²) in [6.45, 7) is 18.6. The first kappa shape index (κ1) is 27.9. The fourth-order valence-corrected chi connectivity index (χ4v) is 6.74. The van der Waals surface area contributed by atoms with Crippen LogP contribution in [0, 0.1) is 0 Å². The van der Waals surface area contributed by atoms with Crippen LogP contribution >= 0.6 is 0 Å². The number of piperazine rings is 1. The number of rotatable bonds is 8. The van der Waals surface area contributed by atoms with E-state index in [-0.39, 0.29) is 0 Å². The maximum atomic E-state index is 5.61. The number of methoxy groups -OCH3 is 2.